The lowest BCUT2D eigenvalue weighted by atomic mass is 9.81. The molecule has 0 saturated carbocycles. The number of ether oxygens (including phenoxy) is 1. The number of rotatable bonds is 1. The Labute approximate surface area is 92.0 Å². The topological polar surface area (TPSA) is 43.4 Å². The number of carbonyl (C=O) groups is 2. The van der Waals surface area contributed by atoms with E-state index < -0.39 is 17.4 Å². The van der Waals surface area contributed by atoms with Crippen molar-refractivity contribution in [1.29, 1.82) is 0 Å². The van der Waals surface area contributed by atoms with Gasteiger partial charge in [0.25, 0.3) is 0 Å². The Kier molecular flexibility index (Phi) is 2.27. The van der Waals surface area contributed by atoms with Gasteiger partial charge in [-0.15, -0.1) is 0 Å². The molecule has 0 bridgehead atoms. The lowest BCUT2D eigenvalue weighted by Gasteiger charge is -2.17. The van der Waals surface area contributed by atoms with E-state index in [2.05, 4.69) is 4.74 Å². The molecule has 0 N–H and O–H groups in total. The van der Waals surface area contributed by atoms with Crippen molar-refractivity contribution < 1.29 is 14.3 Å². The first-order chi connectivity index (χ1) is 7.02. The first kappa shape index (κ1) is 10.2. The molecule has 0 radical (unpaired) electrons. The van der Waals surface area contributed by atoms with E-state index in [1.165, 1.54) is 0 Å². The fraction of sp³-hybridized carbons (Fsp3) is 0.273. The highest BCUT2D eigenvalue weighted by Gasteiger charge is 2.46. The summed E-state index contributed by atoms with van der Waals surface area (Å²) in [6.45, 7) is 1.70. The molecule has 3 nitrogen and oxygen atoms in total. The Bertz CT molecular complexity index is 424. The van der Waals surface area contributed by atoms with E-state index in [4.69, 9.17) is 11.6 Å². The van der Waals surface area contributed by atoms with Crippen LogP contribution in [0.4, 0.5) is 0 Å². The number of cyclic esters (lactones) is 2. The van der Waals surface area contributed by atoms with Gasteiger partial charge in [0.2, 0.25) is 0 Å². The molecule has 1 fully saturated rings. The number of benzene rings is 1. The van der Waals surface area contributed by atoms with Crippen molar-refractivity contribution in [3.8, 4) is 0 Å². The van der Waals surface area contributed by atoms with Gasteiger partial charge >= 0.3 is 11.9 Å². The first-order valence-electron chi connectivity index (χ1n) is 4.53. The molecule has 1 aromatic rings. The maximum Gasteiger partial charge on any atom is 0.324 e. The zero-order valence-corrected chi connectivity index (χ0v) is 8.88. The van der Waals surface area contributed by atoms with E-state index in [1.807, 2.05) is 0 Å². The number of carbonyl (C=O) groups excluding carboxylic acids is 2. The number of esters is 2. The van der Waals surface area contributed by atoms with E-state index in [9.17, 15) is 9.59 Å². The highest BCUT2D eigenvalue weighted by Crippen LogP contribution is 2.34. The van der Waals surface area contributed by atoms with Crippen LogP contribution in [0.2, 0.25) is 5.02 Å². The Morgan fingerprint density at radius 3 is 2.33 bits per heavy atom. The van der Waals surface area contributed by atoms with Gasteiger partial charge in [0.05, 0.1) is 6.42 Å². The number of hydrogen-bond donors (Lipinski definition) is 0. The van der Waals surface area contributed by atoms with Crippen molar-refractivity contribution >= 4 is 23.5 Å². The van der Waals surface area contributed by atoms with Crippen molar-refractivity contribution in [3.05, 3.63) is 34.9 Å². The van der Waals surface area contributed by atoms with Crippen LogP contribution in [0, 0.1) is 0 Å². The molecule has 1 aromatic carbocycles. The van der Waals surface area contributed by atoms with E-state index in [-0.39, 0.29) is 6.42 Å². The third kappa shape index (κ3) is 1.63. The van der Waals surface area contributed by atoms with Crippen molar-refractivity contribution in [2.45, 2.75) is 18.8 Å². The minimum absolute atomic E-state index is 0.0907. The van der Waals surface area contributed by atoms with Gasteiger partial charge in [0.1, 0.15) is 5.41 Å². The first-order valence-corrected chi connectivity index (χ1v) is 4.91. The van der Waals surface area contributed by atoms with E-state index in [0.29, 0.717) is 5.02 Å². The molecule has 0 aliphatic carbocycles. The summed E-state index contributed by atoms with van der Waals surface area (Å²) < 4.78 is 4.55. The van der Waals surface area contributed by atoms with E-state index >= 15 is 0 Å². The minimum Gasteiger partial charge on any atom is -0.392 e. The standard InChI is InChI=1S/C11H9ClO3/c1-11(6-9(13)15-10(11)14)7-2-4-8(12)5-3-7/h2-5H,6H2,1H3. The number of halogens is 1. The van der Waals surface area contributed by atoms with Gasteiger partial charge in [0.15, 0.2) is 0 Å². The monoisotopic (exact) mass is 224 g/mol. The largest absolute Gasteiger partial charge is 0.392 e. The lowest BCUT2D eigenvalue weighted by molar-refractivity contribution is -0.153. The second kappa shape index (κ2) is 3.35. The van der Waals surface area contributed by atoms with Crippen LogP contribution in [0.1, 0.15) is 18.9 Å². The highest BCUT2D eigenvalue weighted by atomic mass is 35.5. The van der Waals surface area contributed by atoms with Gasteiger partial charge in [-0.3, -0.25) is 9.59 Å². The maximum atomic E-state index is 11.5. The molecule has 1 heterocycles. The van der Waals surface area contributed by atoms with Gasteiger partial charge in [-0.05, 0) is 24.6 Å². The zero-order valence-electron chi connectivity index (χ0n) is 8.12. The van der Waals surface area contributed by atoms with Crippen LogP contribution in [0.5, 0.6) is 0 Å². The average molecular weight is 225 g/mol. The second-order valence-corrected chi connectivity index (χ2v) is 4.21. The summed E-state index contributed by atoms with van der Waals surface area (Å²) in [7, 11) is 0. The van der Waals surface area contributed by atoms with Crippen LogP contribution in [-0.4, -0.2) is 11.9 Å². The van der Waals surface area contributed by atoms with Gasteiger partial charge in [-0.1, -0.05) is 23.7 Å². The second-order valence-electron chi connectivity index (χ2n) is 3.78. The molecule has 15 heavy (non-hydrogen) atoms. The lowest BCUT2D eigenvalue weighted by Crippen LogP contribution is -2.27. The maximum absolute atomic E-state index is 11.5. The van der Waals surface area contributed by atoms with Crippen LogP contribution in [0.15, 0.2) is 24.3 Å². The minimum atomic E-state index is -0.859. The van der Waals surface area contributed by atoms with E-state index in [1.54, 1.807) is 31.2 Å². The smallest absolute Gasteiger partial charge is 0.324 e. The van der Waals surface area contributed by atoms with Crippen LogP contribution in [-0.2, 0) is 19.7 Å². The van der Waals surface area contributed by atoms with Crippen molar-refractivity contribution in [3.63, 3.8) is 0 Å². The third-order valence-corrected chi connectivity index (χ3v) is 2.89. The quantitative estimate of drug-likeness (QED) is 0.542. The zero-order chi connectivity index (χ0) is 11.1. The molecular weight excluding hydrogens is 216 g/mol. The molecular formula is C11H9ClO3. The normalized spacial score (nSPS) is 25.5. The molecule has 4 heteroatoms. The van der Waals surface area contributed by atoms with E-state index in [0.717, 1.165) is 5.56 Å². The molecule has 1 unspecified atom stereocenters. The summed E-state index contributed by atoms with van der Waals surface area (Å²) in [4.78, 5) is 22.6. The summed E-state index contributed by atoms with van der Waals surface area (Å²) in [5, 5.41) is 0.597. The Morgan fingerprint density at radius 2 is 1.87 bits per heavy atom. The molecule has 0 aromatic heterocycles. The molecule has 0 spiro atoms. The van der Waals surface area contributed by atoms with Crippen molar-refractivity contribution in [1.82, 2.24) is 0 Å². The van der Waals surface area contributed by atoms with Crippen LogP contribution >= 0.6 is 11.6 Å². The van der Waals surface area contributed by atoms with Crippen molar-refractivity contribution in [2.24, 2.45) is 0 Å². The van der Waals surface area contributed by atoms with Gasteiger partial charge < -0.3 is 4.74 Å². The predicted molar refractivity (Wildman–Crippen MR) is 54.5 cm³/mol. The summed E-state index contributed by atoms with van der Waals surface area (Å²) in [5.74, 6) is -0.965. The van der Waals surface area contributed by atoms with Gasteiger partial charge in [-0.2, -0.15) is 0 Å². The molecule has 1 atom stereocenters. The van der Waals surface area contributed by atoms with Crippen LogP contribution in [0.3, 0.4) is 0 Å². The number of hydrogen-bond acceptors (Lipinski definition) is 3. The molecule has 1 aliphatic heterocycles. The average Bonchev–Trinajstić information content (AvgIpc) is 2.42. The molecule has 1 saturated heterocycles. The molecule has 2 rings (SSSR count). The van der Waals surface area contributed by atoms with Crippen LogP contribution in [0.25, 0.3) is 0 Å². The SMILES string of the molecule is CC1(c2ccc(Cl)cc2)CC(=O)OC1=O. The summed E-state index contributed by atoms with van der Waals surface area (Å²) >= 11 is 5.75. The molecule has 78 valence electrons. The summed E-state index contributed by atoms with van der Waals surface area (Å²) in [6.07, 6.45) is 0.0907. The Hall–Kier alpha value is -1.35. The summed E-state index contributed by atoms with van der Waals surface area (Å²) in [6, 6.07) is 6.86. The van der Waals surface area contributed by atoms with Gasteiger partial charge in [0, 0.05) is 5.02 Å². The summed E-state index contributed by atoms with van der Waals surface area (Å²) in [5.41, 5.74) is -0.107. The molecule has 1 aliphatic rings. The fourth-order valence-corrected chi connectivity index (χ4v) is 1.78. The third-order valence-electron chi connectivity index (χ3n) is 2.64. The van der Waals surface area contributed by atoms with Gasteiger partial charge in [-0.25, -0.2) is 0 Å². The van der Waals surface area contributed by atoms with Crippen LogP contribution < -0.4 is 0 Å². The highest BCUT2D eigenvalue weighted by molar-refractivity contribution is 6.30. The van der Waals surface area contributed by atoms with Crippen molar-refractivity contribution in [2.75, 3.05) is 0 Å². The molecule has 0 amide bonds. The Balaban J connectivity index is 2.41. The Morgan fingerprint density at radius 1 is 1.27 bits per heavy atom. The fourth-order valence-electron chi connectivity index (χ4n) is 1.65. The predicted octanol–water partition coefficient (Wildman–Crippen LogP) is 2.07.